The second-order valence-electron chi connectivity index (χ2n) is 4.27. The number of esters is 1. The average Bonchev–Trinajstić information content (AvgIpc) is 2.98. The molecule has 5 nitrogen and oxygen atoms in total. The average molecular weight is 286 g/mol. The number of hydrogen-bond donors (Lipinski definition) is 0. The second kappa shape index (κ2) is 5.32. The summed E-state index contributed by atoms with van der Waals surface area (Å²) in [6.45, 7) is 1.90. The molecule has 0 fully saturated rings. The van der Waals surface area contributed by atoms with Crippen LogP contribution in [-0.2, 0) is 4.74 Å². The Bertz CT molecular complexity index is 814. The summed E-state index contributed by atoms with van der Waals surface area (Å²) in [5.41, 5.74) is 0.565. The Hall–Kier alpha value is -2.76. The van der Waals surface area contributed by atoms with Gasteiger partial charge in [-0.1, -0.05) is 24.3 Å². The molecule has 0 radical (unpaired) electrons. The first kappa shape index (κ1) is 13.2. The highest BCUT2D eigenvalue weighted by Gasteiger charge is 2.18. The van der Waals surface area contributed by atoms with Crippen LogP contribution in [0.2, 0.25) is 0 Å². The van der Waals surface area contributed by atoms with Crippen molar-refractivity contribution in [3.8, 4) is 11.5 Å². The first-order valence-corrected chi connectivity index (χ1v) is 6.39. The Labute approximate surface area is 119 Å². The van der Waals surface area contributed by atoms with E-state index < -0.39 is 5.97 Å². The zero-order chi connectivity index (χ0) is 14.8. The predicted molar refractivity (Wildman–Crippen MR) is 73.2 cm³/mol. The molecule has 21 heavy (non-hydrogen) atoms. The molecule has 0 bridgehead atoms. The number of hydrogen-bond acceptors (Lipinski definition) is 5. The molecule has 0 amide bonds. The molecule has 0 saturated carbocycles. The SMILES string of the molecule is CCOC(=O)c1nnc(-c2ccc(F)c3ccccc23)o1. The van der Waals surface area contributed by atoms with E-state index in [-0.39, 0.29) is 24.2 Å². The molecule has 0 atom stereocenters. The van der Waals surface area contributed by atoms with Gasteiger partial charge in [0.2, 0.25) is 5.89 Å². The van der Waals surface area contributed by atoms with Gasteiger partial charge in [-0.3, -0.25) is 0 Å². The van der Waals surface area contributed by atoms with Gasteiger partial charge in [-0.2, -0.15) is 0 Å². The number of aromatic nitrogens is 2. The highest BCUT2D eigenvalue weighted by molar-refractivity contribution is 5.95. The predicted octanol–water partition coefficient (Wildman–Crippen LogP) is 3.21. The summed E-state index contributed by atoms with van der Waals surface area (Å²) in [4.78, 5) is 11.5. The molecule has 6 heteroatoms. The molecule has 0 saturated heterocycles. The monoisotopic (exact) mass is 286 g/mol. The van der Waals surface area contributed by atoms with Crippen LogP contribution < -0.4 is 0 Å². The minimum atomic E-state index is -0.678. The lowest BCUT2D eigenvalue weighted by Gasteiger charge is -2.03. The minimum Gasteiger partial charge on any atom is -0.459 e. The maximum Gasteiger partial charge on any atom is 0.396 e. The van der Waals surface area contributed by atoms with Gasteiger partial charge in [-0.05, 0) is 24.4 Å². The maximum absolute atomic E-state index is 13.8. The number of carbonyl (C=O) groups is 1. The smallest absolute Gasteiger partial charge is 0.396 e. The molecule has 0 aliphatic heterocycles. The van der Waals surface area contributed by atoms with Crippen molar-refractivity contribution in [3.63, 3.8) is 0 Å². The lowest BCUT2D eigenvalue weighted by molar-refractivity contribution is 0.0481. The largest absolute Gasteiger partial charge is 0.459 e. The summed E-state index contributed by atoms with van der Waals surface area (Å²) in [5, 5.41) is 8.57. The third kappa shape index (κ3) is 2.35. The summed E-state index contributed by atoms with van der Waals surface area (Å²) >= 11 is 0. The Balaban J connectivity index is 2.09. The van der Waals surface area contributed by atoms with Crippen LogP contribution in [0.15, 0.2) is 40.8 Å². The van der Waals surface area contributed by atoms with Crippen molar-refractivity contribution in [1.82, 2.24) is 10.2 Å². The highest BCUT2D eigenvalue weighted by atomic mass is 19.1. The summed E-state index contributed by atoms with van der Waals surface area (Å²) in [5.74, 6) is -1.09. The third-order valence-electron chi connectivity index (χ3n) is 2.98. The molecule has 0 spiro atoms. The minimum absolute atomic E-state index is 0.147. The number of benzene rings is 2. The van der Waals surface area contributed by atoms with E-state index in [9.17, 15) is 9.18 Å². The number of rotatable bonds is 3. The van der Waals surface area contributed by atoms with Crippen LogP contribution in [0.25, 0.3) is 22.2 Å². The fourth-order valence-electron chi connectivity index (χ4n) is 2.06. The van der Waals surface area contributed by atoms with Crippen LogP contribution >= 0.6 is 0 Å². The second-order valence-corrected chi connectivity index (χ2v) is 4.27. The molecule has 0 unspecified atom stereocenters. The number of halogens is 1. The van der Waals surface area contributed by atoms with Crippen LogP contribution in [0, 0.1) is 5.82 Å². The standard InChI is InChI=1S/C15H11FN2O3/c1-2-20-15(19)14-18-17-13(21-14)11-7-8-12(16)10-6-4-3-5-9(10)11/h3-8H,2H2,1H3. The molecule has 3 aromatic rings. The topological polar surface area (TPSA) is 65.2 Å². The molecule has 106 valence electrons. The van der Waals surface area contributed by atoms with E-state index in [1.807, 2.05) is 0 Å². The van der Waals surface area contributed by atoms with Gasteiger partial charge in [0.1, 0.15) is 5.82 Å². The van der Waals surface area contributed by atoms with E-state index in [2.05, 4.69) is 10.2 Å². The fourth-order valence-corrected chi connectivity index (χ4v) is 2.06. The van der Waals surface area contributed by atoms with Crippen LogP contribution in [0.5, 0.6) is 0 Å². The van der Waals surface area contributed by atoms with Gasteiger partial charge in [0, 0.05) is 10.9 Å². The molecule has 0 N–H and O–H groups in total. The van der Waals surface area contributed by atoms with Crippen LogP contribution in [0.3, 0.4) is 0 Å². The summed E-state index contributed by atoms with van der Waals surface area (Å²) in [6, 6.07) is 9.81. The van der Waals surface area contributed by atoms with E-state index in [0.717, 1.165) is 0 Å². The molecule has 2 aromatic carbocycles. The highest BCUT2D eigenvalue weighted by Crippen LogP contribution is 2.29. The van der Waals surface area contributed by atoms with Gasteiger partial charge < -0.3 is 9.15 Å². The lowest BCUT2D eigenvalue weighted by Crippen LogP contribution is -2.04. The van der Waals surface area contributed by atoms with Crippen molar-refractivity contribution in [2.24, 2.45) is 0 Å². The van der Waals surface area contributed by atoms with Crippen molar-refractivity contribution in [1.29, 1.82) is 0 Å². The van der Waals surface area contributed by atoms with Crippen molar-refractivity contribution >= 4 is 16.7 Å². The van der Waals surface area contributed by atoms with Gasteiger partial charge in [0.15, 0.2) is 0 Å². The Kier molecular flexibility index (Phi) is 3.35. The Morgan fingerprint density at radius 3 is 2.71 bits per heavy atom. The molecule has 0 aliphatic rings. The van der Waals surface area contributed by atoms with Gasteiger partial charge in [-0.25, -0.2) is 9.18 Å². The molecular weight excluding hydrogens is 275 g/mol. The third-order valence-corrected chi connectivity index (χ3v) is 2.98. The van der Waals surface area contributed by atoms with Crippen LogP contribution in [0.4, 0.5) is 4.39 Å². The van der Waals surface area contributed by atoms with Crippen molar-refractivity contribution < 1.29 is 18.3 Å². The number of fused-ring (bicyclic) bond motifs is 1. The molecule has 1 aromatic heterocycles. The number of ether oxygens (including phenoxy) is 1. The van der Waals surface area contributed by atoms with Gasteiger partial charge in [0.05, 0.1) is 6.61 Å². The fraction of sp³-hybridized carbons (Fsp3) is 0.133. The summed E-state index contributed by atoms with van der Waals surface area (Å²) < 4.78 is 23.9. The van der Waals surface area contributed by atoms with E-state index in [0.29, 0.717) is 16.3 Å². The lowest BCUT2D eigenvalue weighted by atomic mass is 10.0. The quantitative estimate of drug-likeness (QED) is 0.692. The zero-order valence-electron chi connectivity index (χ0n) is 11.2. The van der Waals surface area contributed by atoms with Gasteiger partial charge in [0.25, 0.3) is 0 Å². The van der Waals surface area contributed by atoms with Crippen molar-refractivity contribution in [2.45, 2.75) is 6.92 Å². The van der Waals surface area contributed by atoms with Crippen LogP contribution in [0.1, 0.15) is 17.6 Å². The van der Waals surface area contributed by atoms with E-state index >= 15 is 0 Å². The maximum atomic E-state index is 13.8. The molecule has 3 rings (SSSR count). The first-order chi connectivity index (χ1) is 10.2. The Morgan fingerprint density at radius 1 is 1.19 bits per heavy atom. The van der Waals surface area contributed by atoms with E-state index in [1.54, 1.807) is 37.3 Å². The van der Waals surface area contributed by atoms with E-state index in [1.165, 1.54) is 6.07 Å². The normalized spacial score (nSPS) is 10.8. The van der Waals surface area contributed by atoms with Crippen LogP contribution in [-0.4, -0.2) is 22.8 Å². The molecular formula is C15H11FN2O3. The first-order valence-electron chi connectivity index (χ1n) is 6.39. The Morgan fingerprint density at radius 2 is 1.95 bits per heavy atom. The van der Waals surface area contributed by atoms with Crippen molar-refractivity contribution in [3.05, 3.63) is 48.1 Å². The van der Waals surface area contributed by atoms with E-state index in [4.69, 9.17) is 9.15 Å². The zero-order valence-corrected chi connectivity index (χ0v) is 11.2. The van der Waals surface area contributed by atoms with Crippen molar-refractivity contribution in [2.75, 3.05) is 6.61 Å². The number of carbonyl (C=O) groups excluding carboxylic acids is 1. The summed E-state index contributed by atoms with van der Waals surface area (Å²) in [6.07, 6.45) is 0. The molecule has 1 heterocycles. The van der Waals surface area contributed by atoms with Gasteiger partial charge in [-0.15, -0.1) is 10.2 Å². The molecule has 0 aliphatic carbocycles. The summed E-state index contributed by atoms with van der Waals surface area (Å²) in [7, 11) is 0. The van der Waals surface area contributed by atoms with Gasteiger partial charge >= 0.3 is 11.9 Å². The number of nitrogens with zero attached hydrogens (tertiary/aromatic N) is 2.